The minimum absolute atomic E-state index is 0.304. The van der Waals surface area contributed by atoms with E-state index in [1.165, 1.54) is 0 Å². The lowest BCUT2D eigenvalue weighted by Crippen LogP contribution is -2.41. The molecule has 0 spiro atoms. The van der Waals surface area contributed by atoms with E-state index in [0.717, 1.165) is 24.0 Å². The number of anilines is 1. The van der Waals surface area contributed by atoms with Crippen molar-refractivity contribution in [2.75, 3.05) is 17.1 Å². The maximum absolute atomic E-state index is 13.1. The summed E-state index contributed by atoms with van der Waals surface area (Å²) in [5.74, 6) is -0.662. The number of amides is 1. The van der Waals surface area contributed by atoms with Crippen molar-refractivity contribution in [3.05, 3.63) is 64.7 Å². The highest BCUT2D eigenvalue weighted by Gasteiger charge is 2.34. The quantitative estimate of drug-likeness (QED) is 0.747. The molecule has 0 fully saturated rings. The molecule has 5 nitrogen and oxygen atoms in total. The Morgan fingerprint density at radius 1 is 1.18 bits per heavy atom. The molecule has 28 heavy (non-hydrogen) atoms. The number of hydrogen-bond acceptors (Lipinski definition) is 3. The van der Waals surface area contributed by atoms with E-state index in [2.05, 4.69) is 5.32 Å². The SMILES string of the molecule is CC(NC(=O)CN(c1ccc(Cl)c(C(F)(F)F)c1)S(C)(=O)=O)c1ccccc1. The molecule has 1 N–H and O–H groups in total. The van der Waals surface area contributed by atoms with Crippen molar-refractivity contribution < 1.29 is 26.4 Å². The average molecular weight is 435 g/mol. The number of carbonyl (C=O) groups excluding carboxylic acids is 1. The van der Waals surface area contributed by atoms with Gasteiger partial charge < -0.3 is 5.32 Å². The fraction of sp³-hybridized carbons (Fsp3) is 0.278. The van der Waals surface area contributed by atoms with E-state index in [1.54, 1.807) is 31.2 Å². The van der Waals surface area contributed by atoms with Crippen LogP contribution in [0.1, 0.15) is 24.1 Å². The van der Waals surface area contributed by atoms with Crippen molar-refractivity contribution in [1.82, 2.24) is 5.32 Å². The number of alkyl halides is 3. The van der Waals surface area contributed by atoms with Crippen LogP contribution in [0.3, 0.4) is 0 Å². The molecule has 2 aromatic carbocycles. The molecular weight excluding hydrogens is 417 g/mol. The van der Waals surface area contributed by atoms with Crippen LogP contribution >= 0.6 is 11.6 Å². The summed E-state index contributed by atoms with van der Waals surface area (Å²) in [5, 5.41) is 2.07. The van der Waals surface area contributed by atoms with Gasteiger partial charge in [-0.1, -0.05) is 41.9 Å². The van der Waals surface area contributed by atoms with Gasteiger partial charge in [0, 0.05) is 0 Å². The lowest BCUT2D eigenvalue weighted by atomic mass is 10.1. The molecular formula is C18H18ClF3N2O3S. The van der Waals surface area contributed by atoms with Crippen LogP contribution in [0.25, 0.3) is 0 Å². The van der Waals surface area contributed by atoms with Gasteiger partial charge in [0.05, 0.1) is 28.6 Å². The molecule has 2 aromatic rings. The molecule has 2 rings (SSSR count). The van der Waals surface area contributed by atoms with Gasteiger partial charge in [-0.25, -0.2) is 8.42 Å². The molecule has 0 aliphatic heterocycles. The largest absolute Gasteiger partial charge is 0.417 e. The van der Waals surface area contributed by atoms with Crippen LogP contribution in [0.15, 0.2) is 48.5 Å². The summed E-state index contributed by atoms with van der Waals surface area (Å²) in [7, 11) is -4.03. The Morgan fingerprint density at radius 2 is 1.79 bits per heavy atom. The highest BCUT2D eigenvalue weighted by molar-refractivity contribution is 7.92. The second-order valence-corrected chi connectivity index (χ2v) is 8.45. The third-order valence-corrected chi connectivity index (χ3v) is 5.38. The summed E-state index contributed by atoms with van der Waals surface area (Å²) in [6, 6.07) is 11.2. The van der Waals surface area contributed by atoms with E-state index in [4.69, 9.17) is 11.6 Å². The van der Waals surface area contributed by atoms with E-state index in [9.17, 15) is 26.4 Å². The molecule has 1 amide bonds. The molecule has 10 heteroatoms. The van der Waals surface area contributed by atoms with Gasteiger partial charge in [0.1, 0.15) is 6.54 Å². The number of halogens is 4. The number of rotatable bonds is 6. The number of benzene rings is 2. The van der Waals surface area contributed by atoms with Crippen molar-refractivity contribution in [2.24, 2.45) is 0 Å². The van der Waals surface area contributed by atoms with Crippen molar-refractivity contribution in [3.63, 3.8) is 0 Å². The Kier molecular flexibility index (Phi) is 6.61. The van der Waals surface area contributed by atoms with Crippen LogP contribution in [-0.2, 0) is 21.0 Å². The van der Waals surface area contributed by atoms with E-state index >= 15 is 0 Å². The van der Waals surface area contributed by atoms with Gasteiger partial charge in [-0.05, 0) is 30.7 Å². The molecule has 0 aliphatic carbocycles. The maximum Gasteiger partial charge on any atom is 0.417 e. The summed E-state index contributed by atoms with van der Waals surface area (Å²) in [6.45, 7) is 1.04. The van der Waals surface area contributed by atoms with Crippen molar-refractivity contribution in [3.8, 4) is 0 Å². The number of nitrogens with one attached hydrogen (secondary N) is 1. The fourth-order valence-electron chi connectivity index (χ4n) is 2.53. The smallest absolute Gasteiger partial charge is 0.348 e. The summed E-state index contributed by atoms with van der Waals surface area (Å²) in [6.07, 6.45) is -3.96. The van der Waals surface area contributed by atoms with E-state index in [1.807, 2.05) is 6.07 Å². The van der Waals surface area contributed by atoms with Crippen LogP contribution in [-0.4, -0.2) is 27.1 Å². The first-order valence-electron chi connectivity index (χ1n) is 8.08. The lowest BCUT2D eigenvalue weighted by molar-refractivity contribution is -0.137. The number of nitrogens with zero attached hydrogens (tertiary/aromatic N) is 1. The number of carbonyl (C=O) groups is 1. The van der Waals surface area contributed by atoms with Crippen molar-refractivity contribution >= 4 is 33.2 Å². The Bertz CT molecular complexity index is 950. The Hall–Kier alpha value is -2.26. The maximum atomic E-state index is 13.1. The van der Waals surface area contributed by atoms with Crippen molar-refractivity contribution in [2.45, 2.75) is 19.1 Å². The van der Waals surface area contributed by atoms with Gasteiger partial charge in [0.25, 0.3) is 0 Å². The van der Waals surface area contributed by atoms with Crippen LogP contribution in [0.5, 0.6) is 0 Å². The lowest BCUT2D eigenvalue weighted by Gasteiger charge is -2.24. The van der Waals surface area contributed by atoms with Gasteiger partial charge in [-0.2, -0.15) is 13.2 Å². The molecule has 1 atom stereocenters. The molecule has 0 aliphatic rings. The standard InChI is InChI=1S/C18H18ClF3N2O3S/c1-12(13-6-4-3-5-7-13)23-17(25)11-24(28(2,26)27)14-8-9-16(19)15(10-14)18(20,21)22/h3-10,12H,11H2,1-2H3,(H,23,25). The first-order valence-corrected chi connectivity index (χ1v) is 10.3. The van der Waals surface area contributed by atoms with Gasteiger partial charge >= 0.3 is 6.18 Å². The summed E-state index contributed by atoms with van der Waals surface area (Å²) in [4.78, 5) is 12.3. The molecule has 0 heterocycles. The predicted octanol–water partition coefficient (Wildman–Crippen LogP) is 4.00. The van der Waals surface area contributed by atoms with Crippen molar-refractivity contribution in [1.29, 1.82) is 0 Å². The minimum Gasteiger partial charge on any atom is -0.348 e. The normalized spacial score (nSPS) is 13.1. The topological polar surface area (TPSA) is 66.5 Å². The Balaban J connectivity index is 2.27. The molecule has 0 radical (unpaired) electrons. The zero-order valence-electron chi connectivity index (χ0n) is 15.0. The molecule has 1 unspecified atom stereocenters. The third-order valence-electron chi connectivity index (χ3n) is 3.91. The molecule has 0 bridgehead atoms. The highest BCUT2D eigenvalue weighted by atomic mass is 35.5. The van der Waals surface area contributed by atoms with Crippen LogP contribution in [0.2, 0.25) is 5.02 Å². The molecule has 0 saturated heterocycles. The van der Waals surface area contributed by atoms with Gasteiger partial charge in [0.15, 0.2) is 0 Å². The Labute approximate surface area is 166 Å². The predicted molar refractivity (Wildman–Crippen MR) is 102 cm³/mol. The summed E-state index contributed by atoms with van der Waals surface area (Å²) >= 11 is 5.57. The molecule has 152 valence electrons. The van der Waals surface area contributed by atoms with Gasteiger partial charge in [0.2, 0.25) is 15.9 Å². The zero-order valence-corrected chi connectivity index (χ0v) is 16.6. The zero-order chi connectivity index (χ0) is 21.1. The van der Waals surface area contributed by atoms with Gasteiger partial charge in [-0.3, -0.25) is 9.10 Å². The molecule has 0 saturated carbocycles. The van der Waals surface area contributed by atoms with Crippen LogP contribution < -0.4 is 9.62 Å². The van der Waals surface area contributed by atoms with Crippen LogP contribution in [0.4, 0.5) is 18.9 Å². The third kappa shape index (κ3) is 5.62. The first kappa shape index (κ1) is 22.0. The number of hydrogen-bond donors (Lipinski definition) is 1. The first-order chi connectivity index (χ1) is 12.9. The summed E-state index contributed by atoms with van der Waals surface area (Å²) in [5.41, 5.74) is -0.687. The average Bonchev–Trinajstić information content (AvgIpc) is 2.59. The minimum atomic E-state index is -4.76. The Morgan fingerprint density at radius 3 is 2.32 bits per heavy atom. The van der Waals surface area contributed by atoms with E-state index in [0.29, 0.717) is 10.4 Å². The fourth-order valence-corrected chi connectivity index (χ4v) is 3.60. The molecule has 0 aromatic heterocycles. The second kappa shape index (κ2) is 8.40. The summed E-state index contributed by atoms with van der Waals surface area (Å²) < 4.78 is 64.0. The number of sulfonamides is 1. The monoisotopic (exact) mass is 434 g/mol. The second-order valence-electron chi connectivity index (χ2n) is 6.13. The van der Waals surface area contributed by atoms with Gasteiger partial charge in [-0.15, -0.1) is 0 Å². The van der Waals surface area contributed by atoms with E-state index in [-0.39, 0.29) is 5.69 Å². The van der Waals surface area contributed by atoms with E-state index < -0.39 is 45.3 Å². The highest BCUT2D eigenvalue weighted by Crippen LogP contribution is 2.37. The van der Waals surface area contributed by atoms with Crippen LogP contribution in [0, 0.1) is 0 Å².